The van der Waals surface area contributed by atoms with Crippen LogP contribution < -0.4 is 10.5 Å². The average Bonchev–Trinajstić information content (AvgIpc) is 3.01. The first kappa shape index (κ1) is 24.3. The highest BCUT2D eigenvalue weighted by Crippen LogP contribution is 2.29. The van der Waals surface area contributed by atoms with Gasteiger partial charge in [-0.3, -0.25) is 4.98 Å². The van der Waals surface area contributed by atoms with Crippen molar-refractivity contribution >= 4 is 28.6 Å². The minimum atomic E-state index is -1.82. The molecular formula is C20H24ClN5O5. The number of hydrogen-bond acceptors (Lipinski definition) is 8. The van der Waals surface area contributed by atoms with Crippen molar-refractivity contribution in [2.45, 2.75) is 33.3 Å². The zero-order valence-corrected chi connectivity index (χ0v) is 18.1. The summed E-state index contributed by atoms with van der Waals surface area (Å²) in [5.41, 5.74) is 9.66. The maximum atomic E-state index is 8.71. The standard InChI is InChI=1S/C20H22ClN5O4.H2O/c1-11-8-23-14(12(2)16(11)29-3)10-26-9-13(6-4-5-7-30-20(27)28)15-17(21)24-19(22)25-18(15)26;/h8-9,20,27-28H,5,7,10H2,1-3H3,(H2,22,24,25);1H2. The molecule has 0 bridgehead atoms. The van der Waals surface area contributed by atoms with Crippen LogP contribution in [0, 0.1) is 25.7 Å². The second-order valence-corrected chi connectivity index (χ2v) is 6.89. The van der Waals surface area contributed by atoms with Crippen LogP contribution in [0.25, 0.3) is 11.0 Å². The molecule has 3 aromatic rings. The van der Waals surface area contributed by atoms with Gasteiger partial charge in [0.2, 0.25) is 5.95 Å². The first-order chi connectivity index (χ1) is 14.3. The molecule has 0 radical (unpaired) electrons. The monoisotopic (exact) mass is 449 g/mol. The maximum absolute atomic E-state index is 8.71. The summed E-state index contributed by atoms with van der Waals surface area (Å²) in [5, 5.41) is 18.2. The lowest BCUT2D eigenvalue weighted by Gasteiger charge is -2.13. The summed E-state index contributed by atoms with van der Waals surface area (Å²) in [4.78, 5) is 12.9. The van der Waals surface area contributed by atoms with E-state index < -0.39 is 6.48 Å². The van der Waals surface area contributed by atoms with Crippen molar-refractivity contribution in [1.29, 1.82) is 0 Å². The number of pyridine rings is 1. The summed E-state index contributed by atoms with van der Waals surface area (Å²) in [6.45, 7) is 2.56. The summed E-state index contributed by atoms with van der Waals surface area (Å²) in [5.74, 6) is 6.77. The SMILES string of the molecule is COc1c(C)cnc(Cn2cc(C#CCCOC(O)O)c3c(Cl)nc(N)nc32)c1C.O. The number of aromatic nitrogens is 4. The lowest BCUT2D eigenvalue weighted by atomic mass is 10.1. The molecule has 0 aliphatic rings. The van der Waals surface area contributed by atoms with Crippen LogP contribution in [0.2, 0.25) is 5.15 Å². The van der Waals surface area contributed by atoms with Gasteiger partial charge in [-0.1, -0.05) is 23.4 Å². The molecule has 0 saturated carbocycles. The number of hydrogen-bond donors (Lipinski definition) is 3. The highest BCUT2D eigenvalue weighted by Gasteiger charge is 2.17. The van der Waals surface area contributed by atoms with E-state index in [2.05, 4.69) is 31.5 Å². The van der Waals surface area contributed by atoms with Crippen molar-refractivity contribution in [3.05, 3.63) is 39.9 Å². The van der Waals surface area contributed by atoms with Gasteiger partial charge in [0.25, 0.3) is 6.48 Å². The van der Waals surface area contributed by atoms with E-state index in [0.29, 0.717) is 29.6 Å². The van der Waals surface area contributed by atoms with E-state index in [-0.39, 0.29) is 23.2 Å². The quantitative estimate of drug-likeness (QED) is 0.217. The van der Waals surface area contributed by atoms with Crippen LogP contribution in [0.4, 0.5) is 5.95 Å². The molecule has 11 heteroatoms. The smallest absolute Gasteiger partial charge is 0.266 e. The number of aryl methyl sites for hydroxylation is 1. The molecule has 0 unspecified atom stereocenters. The molecule has 0 aliphatic carbocycles. The molecule has 0 fully saturated rings. The van der Waals surface area contributed by atoms with Crippen LogP contribution in [0.15, 0.2) is 12.4 Å². The van der Waals surface area contributed by atoms with E-state index in [9.17, 15) is 0 Å². The number of halogens is 1. The van der Waals surface area contributed by atoms with Gasteiger partial charge in [-0.05, 0) is 13.8 Å². The lowest BCUT2D eigenvalue weighted by molar-refractivity contribution is -0.232. The number of anilines is 1. The predicted octanol–water partition coefficient (Wildman–Crippen LogP) is 0.937. The largest absolute Gasteiger partial charge is 0.496 e. The second-order valence-electron chi connectivity index (χ2n) is 6.54. The minimum Gasteiger partial charge on any atom is -0.496 e. The van der Waals surface area contributed by atoms with Gasteiger partial charge in [0.15, 0.2) is 0 Å². The van der Waals surface area contributed by atoms with Gasteiger partial charge in [-0.25, -0.2) is 4.98 Å². The summed E-state index contributed by atoms with van der Waals surface area (Å²) < 4.78 is 12.0. The summed E-state index contributed by atoms with van der Waals surface area (Å²) >= 11 is 6.33. The van der Waals surface area contributed by atoms with Crippen molar-refractivity contribution in [3.63, 3.8) is 0 Å². The molecule has 0 saturated heterocycles. The summed E-state index contributed by atoms with van der Waals surface area (Å²) in [6, 6.07) is 0. The van der Waals surface area contributed by atoms with Gasteiger partial charge in [0.05, 0.1) is 36.9 Å². The van der Waals surface area contributed by atoms with Gasteiger partial charge < -0.3 is 35.5 Å². The maximum Gasteiger partial charge on any atom is 0.266 e. The van der Waals surface area contributed by atoms with Crippen LogP contribution >= 0.6 is 11.6 Å². The second kappa shape index (κ2) is 10.4. The van der Waals surface area contributed by atoms with Crippen molar-refractivity contribution in [2.75, 3.05) is 19.5 Å². The molecule has 166 valence electrons. The van der Waals surface area contributed by atoms with E-state index in [1.165, 1.54) is 0 Å². The van der Waals surface area contributed by atoms with E-state index in [1.807, 2.05) is 24.6 Å². The normalized spacial score (nSPS) is 10.7. The average molecular weight is 450 g/mol. The third kappa shape index (κ3) is 5.41. The molecule has 0 aliphatic heterocycles. The molecule has 6 N–H and O–H groups in total. The van der Waals surface area contributed by atoms with Crippen LogP contribution in [0.1, 0.15) is 28.8 Å². The van der Waals surface area contributed by atoms with Crippen molar-refractivity contribution in [1.82, 2.24) is 19.5 Å². The lowest BCUT2D eigenvalue weighted by Crippen LogP contribution is -2.10. The van der Waals surface area contributed by atoms with Gasteiger partial charge in [-0.15, -0.1) is 0 Å². The molecular weight excluding hydrogens is 426 g/mol. The van der Waals surface area contributed by atoms with Gasteiger partial charge >= 0.3 is 0 Å². The molecule has 0 amide bonds. The number of rotatable bonds is 6. The highest BCUT2D eigenvalue weighted by molar-refractivity contribution is 6.34. The van der Waals surface area contributed by atoms with Crippen molar-refractivity contribution in [2.24, 2.45) is 0 Å². The van der Waals surface area contributed by atoms with Crippen LogP contribution in [0.3, 0.4) is 0 Å². The first-order valence-electron chi connectivity index (χ1n) is 9.09. The predicted molar refractivity (Wildman–Crippen MR) is 116 cm³/mol. The third-order valence-corrected chi connectivity index (χ3v) is 4.75. The minimum absolute atomic E-state index is 0. The molecule has 3 heterocycles. The summed E-state index contributed by atoms with van der Waals surface area (Å²) in [7, 11) is 1.63. The molecule has 0 spiro atoms. The number of nitrogen functional groups attached to an aromatic ring is 1. The molecule has 31 heavy (non-hydrogen) atoms. The number of nitrogens with two attached hydrogens (primary N) is 1. The Balaban J connectivity index is 0.00000341. The Morgan fingerprint density at radius 2 is 2.03 bits per heavy atom. The molecule has 3 rings (SSSR count). The fourth-order valence-corrected chi connectivity index (χ4v) is 3.41. The van der Waals surface area contributed by atoms with Gasteiger partial charge in [0, 0.05) is 29.9 Å². The molecule has 0 atom stereocenters. The topological polar surface area (TPSA) is 160 Å². The van der Waals surface area contributed by atoms with Crippen LogP contribution in [-0.4, -0.2) is 55.4 Å². The molecule has 10 nitrogen and oxygen atoms in total. The zero-order valence-electron chi connectivity index (χ0n) is 17.3. The van der Waals surface area contributed by atoms with Gasteiger partial charge in [0.1, 0.15) is 16.5 Å². The fraction of sp³-hybridized carbons (Fsp3) is 0.350. The number of methoxy groups -OCH3 is 1. The van der Waals surface area contributed by atoms with Crippen molar-refractivity contribution < 1.29 is 25.2 Å². The van der Waals surface area contributed by atoms with Gasteiger partial charge in [-0.2, -0.15) is 4.98 Å². The van der Waals surface area contributed by atoms with Crippen LogP contribution in [0.5, 0.6) is 5.75 Å². The number of fused-ring (bicyclic) bond motifs is 1. The van der Waals surface area contributed by atoms with Crippen LogP contribution in [-0.2, 0) is 11.3 Å². The number of aliphatic hydroxyl groups is 2. The molecule has 3 aromatic heterocycles. The highest BCUT2D eigenvalue weighted by atomic mass is 35.5. The van der Waals surface area contributed by atoms with E-state index >= 15 is 0 Å². The first-order valence-corrected chi connectivity index (χ1v) is 9.47. The Labute approximate surface area is 183 Å². The Bertz CT molecular complexity index is 1140. The Hall–Kier alpha value is -2.94. The Morgan fingerprint density at radius 3 is 2.71 bits per heavy atom. The van der Waals surface area contributed by atoms with Crippen molar-refractivity contribution in [3.8, 4) is 17.6 Å². The third-order valence-electron chi connectivity index (χ3n) is 4.48. The zero-order chi connectivity index (χ0) is 21.8. The summed E-state index contributed by atoms with van der Waals surface area (Å²) in [6.07, 6.45) is 3.87. The van der Waals surface area contributed by atoms with E-state index in [1.54, 1.807) is 13.3 Å². The Morgan fingerprint density at radius 1 is 1.29 bits per heavy atom. The Kier molecular flexibility index (Phi) is 8.15. The number of aliphatic hydroxyl groups excluding tert-OH is 1. The van der Waals surface area contributed by atoms with E-state index in [0.717, 1.165) is 22.6 Å². The fourth-order valence-electron chi connectivity index (χ4n) is 3.14. The number of nitrogens with zero attached hydrogens (tertiary/aromatic N) is 4. The van der Waals surface area contributed by atoms with E-state index in [4.69, 9.17) is 32.3 Å². The number of ether oxygens (including phenoxy) is 2. The molecule has 0 aromatic carbocycles.